The standard InChI is InChI=1S/C21H20BrN5O2/c1-3-29-17-10-9-14(22)11-16(17)19-18(13(2)25-21-23-12-24-27(19)21)20(28)26-15-7-5-4-6-8-15/h4-12,19H,3H2,1-2H3,(H,26,28)(H,23,24,25)/t19-/m1/s1. The summed E-state index contributed by atoms with van der Waals surface area (Å²) in [6.45, 7) is 4.31. The number of allylic oxidation sites excluding steroid dienone is 1. The van der Waals surface area contributed by atoms with Gasteiger partial charge in [0.15, 0.2) is 0 Å². The average molecular weight is 454 g/mol. The number of hydrogen-bond donors (Lipinski definition) is 2. The second kappa shape index (κ2) is 8.08. The summed E-state index contributed by atoms with van der Waals surface area (Å²) in [5.41, 5.74) is 2.81. The Labute approximate surface area is 176 Å². The third kappa shape index (κ3) is 3.75. The highest BCUT2D eigenvalue weighted by Gasteiger charge is 2.35. The Morgan fingerprint density at radius 3 is 2.83 bits per heavy atom. The van der Waals surface area contributed by atoms with Crippen molar-refractivity contribution in [3.63, 3.8) is 0 Å². The topological polar surface area (TPSA) is 81.1 Å². The molecule has 29 heavy (non-hydrogen) atoms. The van der Waals surface area contributed by atoms with Crippen LogP contribution < -0.4 is 15.4 Å². The summed E-state index contributed by atoms with van der Waals surface area (Å²) in [6.07, 6.45) is 1.47. The highest BCUT2D eigenvalue weighted by Crippen LogP contribution is 2.40. The molecule has 0 radical (unpaired) electrons. The van der Waals surface area contributed by atoms with Crippen molar-refractivity contribution in [2.45, 2.75) is 19.9 Å². The van der Waals surface area contributed by atoms with Crippen molar-refractivity contribution in [2.75, 3.05) is 17.2 Å². The maximum absolute atomic E-state index is 13.3. The summed E-state index contributed by atoms with van der Waals surface area (Å²) in [5.74, 6) is 1.06. The molecule has 8 heteroatoms. The number of carbonyl (C=O) groups excluding carboxylic acids is 1. The van der Waals surface area contributed by atoms with Gasteiger partial charge in [-0.15, -0.1) is 0 Å². The zero-order chi connectivity index (χ0) is 20.4. The molecule has 1 atom stereocenters. The first-order valence-corrected chi connectivity index (χ1v) is 10.0. The highest BCUT2D eigenvalue weighted by atomic mass is 79.9. The number of halogens is 1. The Balaban J connectivity index is 1.83. The molecule has 0 saturated carbocycles. The predicted octanol–water partition coefficient (Wildman–Crippen LogP) is 4.37. The number of nitrogens with zero attached hydrogens (tertiary/aromatic N) is 3. The van der Waals surface area contributed by atoms with Crippen molar-refractivity contribution in [3.8, 4) is 5.75 Å². The SMILES string of the molecule is CCOc1ccc(Br)cc1[C@@H]1C(C(=O)Nc2ccccc2)=C(C)Nc2ncnn21. The fourth-order valence-corrected chi connectivity index (χ4v) is 3.79. The molecule has 3 aromatic rings. The van der Waals surface area contributed by atoms with Gasteiger partial charge in [-0.2, -0.15) is 10.1 Å². The van der Waals surface area contributed by atoms with Gasteiger partial charge in [0, 0.05) is 21.4 Å². The summed E-state index contributed by atoms with van der Waals surface area (Å²) < 4.78 is 8.45. The van der Waals surface area contributed by atoms with Gasteiger partial charge in [0.1, 0.15) is 18.1 Å². The zero-order valence-corrected chi connectivity index (χ0v) is 17.6. The number of aromatic nitrogens is 3. The molecule has 1 amide bonds. The van der Waals surface area contributed by atoms with Crippen LogP contribution in [0, 0.1) is 0 Å². The number of nitrogens with one attached hydrogen (secondary N) is 2. The first-order chi connectivity index (χ1) is 14.1. The van der Waals surface area contributed by atoms with Crippen LogP contribution in [0.15, 0.2) is 70.6 Å². The average Bonchev–Trinajstić information content (AvgIpc) is 3.17. The zero-order valence-electron chi connectivity index (χ0n) is 16.0. The van der Waals surface area contributed by atoms with E-state index < -0.39 is 6.04 Å². The molecule has 1 aliphatic rings. The first-order valence-electron chi connectivity index (χ1n) is 9.24. The van der Waals surface area contributed by atoms with Crippen molar-refractivity contribution in [2.24, 2.45) is 0 Å². The van der Waals surface area contributed by atoms with Gasteiger partial charge in [-0.05, 0) is 44.2 Å². The minimum Gasteiger partial charge on any atom is -0.494 e. The van der Waals surface area contributed by atoms with Crippen molar-refractivity contribution in [1.29, 1.82) is 0 Å². The van der Waals surface area contributed by atoms with Crippen molar-refractivity contribution in [1.82, 2.24) is 14.8 Å². The number of benzene rings is 2. The molecule has 0 saturated heterocycles. The summed E-state index contributed by atoms with van der Waals surface area (Å²) in [5, 5.41) is 10.5. The Morgan fingerprint density at radius 1 is 1.28 bits per heavy atom. The van der Waals surface area contributed by atoms with Gasteiger partial charge in [-0.3, -0.25) is 4.79 Å². The number of ether oxygens (including phenoxy) is 1. The molecule has 0 bridgehead atoms. The summed E-state index contributed by atoms with van der Waals surface area (Å²) in [7, 11) is 0. The minimum absolute atomic E-state index is 0.213. The molecule has 7 nitrogen and oxygen atoms in total. The number of anilines is 2. The van der Waals surface area contributed by atoms with Crippen LogP contribution in [0.25, 0.3) is 0 Å². The van der Waals surface area contributed by atoms with Crippen molar-refractivity contribution >= 4 is 33.5 Å². The molecule has 0 fully saturated rings. The normalized spacial score (nSPS) is 15.5. The van der Waals surface area contributed by atoms with Gasteiger partial charge in [0.2, 0.25) is 5.95 Å². The van der Waals surface area contributed by atoms with Gasteiger partial charge < -0.3 is 15.4 Å². The Hall–Kier alpha value is -3.13. The van der Waals surface area contributed by atoms with E-state index in [2.05, 4.69) is 36.6 Å². The second-order valence-corrected chi connectivity index (χ2v) is 7.45. The van der Waals surface area contributed by atoms with Crippen LogP contribution >= 0.6 is 15.9 Å². The molecule has 2 N–H and O–H groups in total. The Bertz CT molecular complexity index is 1080. The quantitative estimate of drug-likeness (QED) is 0.599. The van der Waals surface area contributed by atoms with E-state index in [-0.39, 0.29) is 5.91 Å². The van der Waals surface area contributed by atoms with Crippen LogP contribution in [0.1, 0.15) is 25.5 Å². The van der Waals surface area contributed by atoms with Gasteiger partial charge in [-0.25, -0.2) is 4.68 Å². The molecular weight excluding hydrogens is 434 g/mol. The summed E-state index contributed by atoms with van der Waals surface area (Å²) in [6, 6.07) is 14.6. The lowest BCUT2D eigenvalue weighted by Crippen LogP contribution is -2.31. The fourth-order valence-electron chi connectivity index (χ4n) is 3.41. The van der Waals surface area contributed by atoms with Crippen LogP contribution in [0.5, 0.6) is 5.75 Å². The lowest BCUT2D eigenvalue weighted by atomic mass is 9.94. The highest BCUT2D eigenvalue weighted by molar-refractivity contribution is 9.10. The van der Waals surface area contributed by atoms with Gasteiger partial charge in [0.05, 0.1) is 12.2 Å². The molecule has 1 aromatic heterocycles. The van der Waals surface area contributed by atoms with Crippen LogP contribution in [0.4, 0.5) is 11.6 Å². The molecular formula is C21H20BrN5O2. The number of carbonyl (C=O) groups is 1. The number of fused-ring (bicyclic) bond motifs is 1. The van der Waals surface area contributed by atoms with Gasteiger partial charge in [0.25, 0.3) is 5.91 Å². The third-order valence-corrected chi connectivity index (χ3v) is 5.13. The Kier molecular flexibility index (Phi) is 5.35. The van der Waals surface area contributed by atoms with E-state index in [1.165, 1.54) is 6.33 Å². The van der Waals surface area contributed by atoms with E-state index in [0.29, 0.717) is 29.6 Å². The summed E-state index contributed by atoms with van der Waals surface area (Å²) >= 11 is 3.54. The molecule has 0 spiro atoms. The largest absolute Gasteiger partial charge is 0.494 e. The number of rotatable bonds is 5. The van der Waals surface area contributed by atoms with Crippen LogP contribution in [-0.4, -0.2) is 27.3 Å². The predicted molar refractivity (Wildman–Crippen MR) is 115 cm³/mol. The van der Waals surface area contributed by atoms with Crippen LogP contribution in [-0.2, 0) is 4.79 Å². The van der Waals surface area contributed by atoms with Gasteiger partial charge in [-0.1, -0.05) is 34.1 Å². The van der Waals surface area contributed by atoms with Crippen molar-refractivity contribution < 1.29 is 9.53 Å². The molecule has 0 unspecified atom stereocenters. The maximum atomic E-state index is 13.3. The number of hydrogen-bond acceptors (Lipinski definition) is 5. The number of amides is 1. The van der Waals surface area contributed by atoms with Crippen LogP contribution in [0.2, 0.25) is 0 Å². The van der Waals surface area contributed by atoms with Gasteiger partial charge >= 0.3 is 0 Å². The minimum atomic E-state index is -0.489. The van der Waals surface area contributed by atoms with Crippen LogP contribution in [0.3, 0.4) is 0 Å². The fraction of sp³-hybridized carbons (Fsp3) is 0.190. The lowest BCUT2D eigenvalue weighted by molar-refractivity contribution is -0.113. The maximum Gasteiger partial charge on any atom is 0.255 e. The van der Waals surface area contributed by atoms with E-state index in [1.807, 2.05) is 62.4 Å². The molecule has 2 heterocycles. The lowest BCUT2D eigenvalue weighted by Gasteiger charge is -2.29. The van der Waals surface area contributed by atoms with E-state index in [4.69, 9.17) is 4.74 Å². The van der Waals surface area contributed by atoms with E-state index >= 15 is 0 Å². The number of para-hydroxylation sites is 1. The second-order valence-electron chi connectivity index (χ2n) is 6.53. The van der Waals surface area contributed by atoms with E-state index in [0.717, 1.165) is 15.7 Å². The smallest absolute Gasteiger partial charge is 0.255 e. The monoisotopic (exact) mass is 453 g/mol. The van der Waals surface area contributed by atoms with Crippen molar-refractivity contribution in [3.05, 3.63) is 76.2 Å². The van der Waals surface area contributed by atoms with E-state index in [1.54, 1.807) is 4.68 Å². The molecule has 4 rings (SSSR count). The first kappa shape index (κ1) is 19.2. The molecule has 0 aliphatic carbocycles. The van der Waals surface area contributed by atoms with E-state index in [9.17, 15) is 4.79 Å². The molecule has 2 aromatic carbocycles. The molecule has 1 aliphatic heterocycles. The Morgan fingerprint density at radius 2 is 2.07 bits per heavy atom. The summed E-state index contributed by atoms with van der Waals surface area (Å²) in [4.78, 5) is 17.6. The third-order valence-electron chi connectivity index (χ3n) is 4.64. The molecule has 148 valence electrons.